The molecule has 0 aromatic carbocycles. The first-order chi connectivity index (χ1) is 7.72. The Morgan fingerprint density at radius 1 is 1.69 bits per heavy atom. The summed E-state index contributed by atoms with van der Waals surface area (Å²) in [6, 6.07) is 0. The summed E-state index contributed by atoms with van der Waals surface area (Å²) in [5.74, 6) is 0.944. The van der Waals surface area contributed by atoms with Gasteiger partial charge in [0.1, 0.15) is 18.8 Å². The number of hydrogen-bond acceptors (Lipinski definition) is 4. The Morgan fingerprint density at radius 3 is 3.12 bits per heavy atom. The molecule has 1 aromatic rings. The number of hydrogen-bond donors (Lipinski definition) is 1. The van der Waals surface area contributed by atoms with E-state index in [1.807, 2.05) is 11.6 Å². The van der Waals surface area contributed by atoms with Crippen LogP contribution in [0.3, 0.4) is 0 Å². The number of aromatic nitrogens is 3. The number of aliphatic hydroxyl groups is 1. The monoisotopic (exact) mass is 224 g/mol. The topological polar surface area (TPSA) is 71.2 Å². The van der Waals surface area contributed by atoms with Crippen LogP contribution in [-0.4, -0.2) is 50.4 Å². The Hall–Kier alpha value is -1.43. The van der Waals surface area contributed by atoms with Crippen molar-refractivity contribution < 1.29 is 9.90 Å². The van der Waals surface area contributed by atoms with Gasteiger partial charge in [0, 0.05) is 26.1 Å². The van der Waals surface area contributed by atoms with Gasteiger partial charge in [0.2, 0.25) is 5.91 Å². The van der Waals surface area contributed by atoms with Crippen LogP contribution in [0.1, 0.15) is 24.6 Å². The third-order valence-corrected chi connectivity index (χ3v) is 3.02. The summed E-state index contributed by atoms with van der Waals surface area (Å²) in [7, 11) is 1.90. The second-order valence-corrected chi connectivity index (χ2v) is 4.14. The van der Waals surface area contributed by atoms with Gasteiger partial charge in [-0.3, -0.25) is 4.79 Å². The molecule has 1 amide bonds. The lowest BCUT2D eigenvalue weighted by Gasteiger charge is -2.31. The molecule has 2 heterocycles. The van der Waals surface area contributed by atoms with Crippen molar-refractivity contribution in [3.63, 3.8) is 0 Å². The molecule has 2 rings (SSSR count). The van der Waals surface area contributed by atoms with E-state index in [0.29, 0.717) is 6.54 Å². The number of aryl methyl sites for hydroxylation is 1. The van der Waals surface area contributed by atoms with Crippen LogP contribution in [-0.2, 0) is 11.8 Å². The van der Waals surface area contributed by atoms with E-state index in [4.69, 9.17) is 5.11 Å². The second-order valence-electron chi connectivity index (χ2n) is 4.14. The molecule has 0 bridgehead atoms. The quantitative estimate of drug-likeness (QED) is 0.736. The summed E-state index contributed by atoms with van der Waals surface area (Å²) in [6.07, 6.45) is 3.63. The number of carbonyl (C=O) groups excluding carboxylic acids is 1. The van der Waals surface area contributed by atoms with E-state index >= 15 is 0 Å². The predicted octanol–water partition coefficient (Wildman–Crippen LogP) is -0.487. The summed E-state index contributed by atoms with van der Waals surface area (Å²) in [6.45, 7) is 0.950. The second kappa shape index (κ2) is 4.61. The highest BCUT2D eigenvalue weighted by atomic mass is 16.3. The zero-order valence-corrected chi connectivity index (χ0v) is 9.33. The van der Waals surface area contributed by atoms with Gasteiger partial charge < -0.3 is 14.6 Å². The van der Waals surface area contributed by atoms with Crippen LogP contribution in [0.15, 0.2) is 6.33 Å². The Morgan fingerprint density at radius 2 is 2.50 bits per heavy atom. The van der Waals surface area contributed by atoms with Crippen LogP contribution in [0, 0.1) is 0 Å². The molecule has 1 fully saturated rings. The van der Waals surface area contributed by atoms with Crippen molar-refractivity contribution in [2.24, 2.45) is 7.05 Å². The number of amides is 1. The van der Waals surface area contributed by atoms with Gasteiger partial charge >= 0.3 is 0 Å². The largest absolute Gasteiger partial charge is 0.387 e. The fraction of sp³-hybridized carbons (Fsp3) is 0.700. The van der Waals surface area contributed by atoms with E-state index < -0.39 is 6.61 Å². The van der Waals surface area contributed by atoms with E-state index in [2.05, 4.69) is 10.2 Å². The molecule has 0 spiro atoms. The molecule has 1 saturated heterocycles. The fourth-order valence-corrected chi connectivity index (χ4v) is 2.18. The van der Waals surface area contributed by atoms with Crippen molar-refractivity contribution >= 4 is 5.91 Å². The summed E-state index contributed by atoms with van der Waals surface area (Å²) in [5.41, 5.74) is 0. The molecule has 1 atom stereocenters. The lowest BCUT2D eigenvalue weighted by atomic mass is 9.97. The van der Waals surface area contributed by atoms with E-state index in [1.54, 1.807) is 11.2 Å². The first-order valence-electron chi connectivity index (χ1n) is 5.45. The molecule has 0 saturated carbocycles. The molecular formula is C10H16N4O2. The van der Waals surface area contributed by atoms with Gasteiger partial charge in [-0.05, 0) is 12.8 Å². The smallest absolute Gasteiger partial charge is 0.248 e. The van der Waals surface area contributed by atoms with Gasteiger partial charge in [0.25, 0.3) is 0 Å². The van der Waals surface area contributed by atoms with Gasteiger partial charge in [-0.25, -0.2) is 0 Å². The molecule has 0 radical (unpaired) electrons. The summed E-state index contributed by atoms with van der Waals surface area (Å²) < 4.78 is 1.89. The van der Waals surface area contributed by atoms with Gasteiger partial charge in [-0.1, -0.05) is 0 Å². The van der Waals surface area contributed by atoms with Crippen molar-refractivity contribution in [1.29, 1.82) is 0 Å². The van der Waals surface area contributed by atoms with Crippen LogP contribution in [0.4, 0.5) is 0 Å². The van der Waals surface area contributed by atoms with Gasteiger partial charge in [-0.2, -0.15) is 0 Å². The van der Waals surface area contributed by atoms with Crippen LogP contribution in [0.5, 0.6) is 0 Å². The van der Waals surface area contributed by atoms with Gasteiger partial charge in [0.15, 0.2) is 0 Å². The van der Waals surface area contributed by atoms with Crippen LogP contribution in [0.2, 0.25) is 0 Å². The molecule has 1 aliphatic heterocycles. The molecule has 0 unspecified atom stereocenters. The first-order valence-corrected chi connectivity index (χ1v) is 5.45. The molecule has 6 heteroatoms. The molecular weight excluding hydrogens is 208 g/mol. The SMILES string of the molecule is Cn1cnnc1[C@H]1CCCN(C(=O)CO)C1. The van der Waals surface area contributed by atoms with E-state index in [1.165, 1.54) is 0 Å². The molecule has 1 N–H and O–H groups in total. The average molecular weight is 224 g/mol. The van der Waals surface area contributed by atoms with Crippen LogP contribution in [0.25, 0.3) is 0 Å². The third kappa shape index (κ3) is 2.06. The maximum absolute atomic E-state index is 11.4. The zero-order valence-electron chi connectivity index (χ0n) is 9.33. The van der Waals surface area contributed by atoms with Gasteiger partial charge in [0.05, 0.1) is 0 Å². The number of carbonyl (C=O) groups is 1. The van der Waals surface area contributed by atoms with E-state index in [0.717, 1.165) is 25.2 Å². The lowest BCUT2D eigenvalue weighted by Crippen LogP contribution is -2.41. The molecule has 16 heavy (non-hydrogen) atoms. The van der Waals surface area contributed by atoms with Crippen molar-refractivity contribution in [3.05, 3.63) is 12.2 Å². The maximum atomic E-state index is 11.4. The molecule has 0 aliphatic carbocycles. The molecule has 1 aliphatic rings. The Bertz CT molecular complexity index is 377. The fourth-order valence-electron chi connectivity index (χ4n) is 2.18. The molecule has 88 valence electrons. The lowest BCUT2D eigenvalue weighted by molar-refractivity contribution is -0.135. The normalized spacial score (nSPS) is 21.1. The Balaban J connectivity index is 2.07. The van der Waals surface area contributed by atoms with Gasteiger partial charge in [-0.15, -0.1) is 10.2 Å². The average Bonchev–Trinajstić information content (AvgIpc) is 2.74. The standard InChI is InChI=1S/C10H16N4O2/c1-13-7-11-12-10(13)8-3-2-4-14(5-8)9(16)6-15/h7-8,15H,2-6H2,1H3/t8-/m0/s1. The maximum Gasteiger partial charge on any atom is 0.248 e. The minimum Gasteiger partial charge on any atom is -0.387 e. The van der Waals surface area contributed by atoms with Crippen molar-refractivity contribution in [2.45, 2.75) is 18.8 Å². The van der Waals surface area contributed by atoms with Crippen molar-refractivity contribution in [3.8, 4) is 0 Å². The number of nitrogens with zero attached hydrogens (tertiary/aromatic N) is 4. The first kappa shape index (κ1) is 11.1. The van der Waals surface area contributed by atoms with Crippen molar-refractivity contribution in [2.75, 3.05) is 19.7 Å². The highest BCUT2D eigenvalue weighted by Gasteiger charge is 2.26. The Kier molecular flexibility index (Phi) is 3.19. The van der Waals surface area contributed by atoms with Crippen LogP contribution >= 0.6 is 0 Å². The minimum absolute atomic E-state index is 0.202. The highest BCUT2D eigenvalue weighted by molar-refractivity contribution is 5.77. The van der Waals surface area contributed by atoms with E-state index in [-0.39, 0.29) is 11.8 Å². The summed E-state index contributed by atoms with van der Waals surface area (Å²) in [4.78, 5) is 13.1. The number of likely N-dealkylation sites (tertiary alicyclic amines) is 1. The summed E-state index contributed by atoms with van der Waals surface area (Å²) in [5, 5.41) is 16.8. The zero-order chi connectivity index (χ0) is 11.5. The third-order valence-electron chi connectivity index (χ3n) is 3.02. The minimum atomic E-state index is -0.411. The van der Waals surface area contributed by atoms with E-state index in [9.17, 15) is 4.79 Å². The van der Waals surface area contributed by atoms with Crippen molar-refractivity contribution in [1.82, 2.24) is 19.7 Å². The molecule has 6 nitrogen and oxygen atoms in total. The molecule has 1 aromatic heterocycles. The summed E-state index contributed by atoms with van der Waals surface area (Å²) >= 11 is 0. The Labute approximate surface area is 93.9 Å². The highest BCUT2D eigenvalue weighted by Crippen LogP contribution is 2.24. The number of rotatable bonds is 2. The van der Waals surface area contributed by atoms with Crippen LogP contribution < -0.4 is 0 Å². The number of piperidine rings is 1. The number of aliphatic hydroxyl groups excluding tert-OH is 1. The predicted molar refractivity (Wildman–Crippen MR) is 56.6 cm³/mol.